The molecule has 2 aromatic heterocycles. The Bertz CT molecular complexity index is 1230. The van der Waals surface area contributed by atoms with E-state index in [0.29, 0.717) is 29.0 Å². The van der Waals surface area contributed by atoms with Crippen LogP contribution < -0.4 is 5.32 Å². The quantitative estimate of drug-likeness (QED) is 0.515. The van der Waals surface area contributed by atoms with E-state index in [1.165, 1.54) is 36.4 Å². The number of fused-ring (bicyclic) bond motifs is 1. The molecule has 2 aromatic carbocycles. The lowest BCUT2D eigenvalue weighted by Crippen LogP contribution is -2.14. The Kier molecular flexibility index (Phi) is 5.27. The number of aryl methyl sites for hydroxylation is 2. The van der Waals surface area contributed by atoms with E-state index in [0.717, 1.165) is 17.0 Å². The summed E-state index contributed by atoms with van der Waals surface area (Å²) in [5.41, 5.74) is 5.17. The zero-order valence-electron chi connectivity index (χ0n) is 16.6. The van der Waals surface area contributed by atoms with E-state index in [-0.39, 0.29) is 24.0 Å². The van der Waals surface area contributed by atoms with Crippen LogP contribution in [0.5, 0.6) is 0 Å². The van der Waals surface area contributed by atoms with Gasteiger partial charge in [0.2, 0.25) is 5.91 Å². The Labute approximate surface area is 172 Å². The Morgan fingerprint density at radius 3 is 2.53 bits per heavy atom. The monoisotopic (exact) mass is 406 g/mol. The molecule has 0 atom stereocenters. The van der Waals surface area contributed by atoms with Crippen molar-refractivity contribution in [1.82, 2.24) is 14.6 Å². The standard InChI is InChI=1S/C23H20F2N4O/c1-14-20(10-11-23(30)27-19-8-6-17(24)7-9-19)15(2)29-22(26-14)13-21(28-29)16-4-3-5-18(25)12-16/h3-9,12-13H,10-11H2,1-2H3,(H,27,30). The van der Waals surface area contributed by atoms with Crippen LogP contribution in [0.1, 0.15) is 23.4 Å². The molecule has 1 amide bonds. The van der Waals surface area contributed by atoms with Gasteiger partial charge in [-0.25, -0.2) is 18.3 Å². The summed E-state index contributed by atoms with van der Waals surface area (Å²) in [7, 11) is 0. The maximum atomic E-state index is 13.6. The molecule has 7 heteroatoms. The minimum atomic E-state index is -0.351. The molecule has 0 saturated carbocycles. The highest BCUT2D eigenvalue weighted by molar-refractivity contribution is 5.90. The smallest absolute Gasteiger partial charge is 0.224 e. The second-order valence-electron chi connectivity index (χ2n) is 7.13. The van der Waals surface area contributed by atoms with E-state index in [4.69, 9.17) is 0 Å². The summed E-state index contributed by atoms with van der Waals surface area (Å²) in [6.45, 7) is 3.83. The molecule has 0 spiro atoms. The summed E-state index contributed by atoms with van der Waals surface area (Å²) in [5, 5.41) is 7.34. The third-order valence-electron chi connectivity index (χ3n) is 5.01. The van der Waals surface area contributed by atoms with Crippen LogP contribution in [0.15, 0.2) is 54.6 Å². The number of hydrogen-bond acceptors (Lipinski definition) is 3. The van der Waals surface area contributed by atoms with Crippen molar-refractivity contribution in [2.24, 2.45) is 0 Å². The highest BCUT2D eigenvalue weighted by Gasteiger charge is 2.15. The molecule has 0 saturated heterocycles. The summed E-state index contributed by atoms with van der Waals surface area (Å²) < 4.78 is 28.3. The molecular formula is C23H20F2N4O. The molecule has 152 valence electrons. The maximum absolute atomic E-state index is 13.6. The van der Waals surface area contributed by atoms with Crippen molar-refractivity contribution in [3.63, 3.8) is 0 Å². The van der Waals surface area contributed by atoms with Crippen LogP contribution in [-0.4, -0.2) is 20.5 Å². The molecule has 0 aliphatic carbocycles. The van der Waals surface area contributed by atoms with Crippen LogP contribution in [0.25, 0.3) is 16.9 Å². The second kappa shape index (κ2) is 8.02. The first-order valence-electron chi connectivity index (χ1n) is 9.58. The molecule has 2 heterocycles. The molecule has 30 heavy (non-hydrogen) atoms. The lowest BCUT2D eigenvalue weighted by molar-refractivity contribution is -0.116. The summed E-state index contributed by atoms with van der Waals surface area (Å²) in [6, 6.07) is 13.7. The number of carbonyl (C=O) groups is 1. The molecule has 4 aromatic rings. The Hall–Kier alpha value is -3.61. The van der Waals surface area contributed by atoms with Crippen LogP contribution >= 0.6 is 0 Å². The molecule has 4 rings (SSSR count). The van der Waals surface area contributed by atoms with Gasteiger partial charge in [-0.1, -0.05) is 12.1 Å². The van der Waals surface area contributed by atoms with Crippen molar-refractivity contribution < 1.29 is 13.6 Å². The molecule has 0 aliphatic rings. The van der Waals surface area contributed by atoms with Crippen LogP contribution in [0.3, 0.4) is 0 Å². The van der Waals surface area contributed by atoms with Crippen molar-refractivity contribution in [3.05, 3.63) is 83.2 Å². The number of hydrogen-bond donors (Lipinski definition) is 1. The predicted molar refractivity (Wildman–Crippen MR) is 111 cm³/mol. The zero-order chi connectivity index (χ0) is 21.3. The highest BCUT2D eigenvalue weighted by Crippen LogP contribution is 2.23. The Morgan fingerprint density at radius 2 is 1.80 bits per heavy atom. The molecule has 0 bridgehead atoms. The molecule has 0 unspecified atom stereocenters. The molecule has 1 N–H and O–H groups in total. The van der Waals surface area contributed by atoms with Crippen molar-refractivity contribution >= 4 is 17.2 Å². The number of benzene rings is 2. The summed E-state index contributed by atoms with van der Waals surface area (Å²) >= 11 is 0. The fraction of sp³-hybridized carbons (Fsp3) is 0.174. The fourth-order valence-electron chi connectivity index (χ4n) is 3.47. The van der Waals surface area contributed by atoms with Gasteiger partial charge in [0, 0.05) is 35.1 Å². The molecule has 0 aliphatic heterocycles. The first-order chi connectivity index (χ1) is 14.4. The van der Waals surface area contributed by atoms with Crippen LogP contribution in [0.4, 0.5) is 14.5 Å². The minimum absolute atomic E-state index is 0.165. The molecular weight excluding hydrogens is 386 g/mol. The normalized spacial score (nSPS) is 11.1. The van der Waals surface area contributed by atoms with Gasteiger partial charge in [-0.05, 0) is 62.2 Å². The average Bonchev–Trinajstić information content (AvgIpc) is 3.14. The topological polar surface area (TPSA) is 59.3 Å². The minimum Gasteiger partial charge on any atom is -0.326 e. The number of nitrogens with one attached hydrogen (secondary N) is 1. The van der Waals surface area contributed by atoms with E-state index in [9.17, 15) is 13.6 Å². The van der Waals surface area contributed by atoms with E-state index < -0.39 is 0 Å². The maximum Gasteiger partial charge on any atom is 0.224 e. The lowest BCUT2D eigenvalue weighted by Gasteiger charge is -2.11. The van der Waals surface area contributed by atoms with Crippen LogP contribution in [0, 0.1) is 25.5 Å². The second-order valence-corrected chi connectivity index (χ2v) is 7.13. The summed E-state index contributed by atoms with van der Waals surface area (Å²) in [4.78, 5) is 16.9. The first-order valence-corrected chi connectivity index (χ1v) is 9.58. The van der Waals surface area contributed by atoms with E-state index in [1.807, 2.05) is 19.9 Å². The number of carbonyl (C=O) groups excluding carboxylic acids is 1. The van der Waals surface area contributed by atoms with Crippen molar-refractivity contribution in [1.29, 1.82) is 0 Å². The van der Waals surface area contributed by atoms with Crippen LogP contribution in [-0.2, 0) is 11.2 Å². The van der Waals surface area contributed by atoms with Gasteiger partial charge in [0.25, 0.3) is 0 Å². The number of anilines is 1. The summed E-state index contributed by atoms with van der Waals surface area (Å²) in [5.74, 6) is -0.838. The number of amides is 1. The van der Waals surface area contributed by atoms with Crippen LogP contribution in [0.2, 0.25) is 0 Å². The summed E-state index contributed by atoms with van der Waals surface area (Å²) in [6.07, 6.45) is 0.743. The number of halogens is 2. The molecule has 5 nitrogen and oxygen atoms in total. The van der Waals surface area contributed by atoms with Gasteiger partial charge in [0.1, 0.15) is 11.6 Å². The average molecular weight is 406 g/mol. The predicted octanol–water partition coefficient (Wildman–Crippen LogP) is 4.86. The Balaban J connectivity index is 1.55. The van der Waals surface area contributed by atoms with Crippen molar-refractivity contribution in [3.8, 4) is 11.3 Å². The highest BCUT2D eigenvalue weighted by atomic mass is 19.1. The van der Waals surface area contributed by atoms with E-state index in [1.54, 1.807) is 16.6 Å². The van der Waals surface area contributed by atoms with Gasteiger partial charge in [-0.15, -0.1) is 0 Å². The lowest BCUT2D eigenvalue weighted by atomic mass is 10.1. The molecule has 0 radical (unpaired) electrons. The number of rotatable bonds is 5. The van der Waals surface area contributed by atoms with Gasteiger partial charge < -0.3 is 5.32 Å². The van der Waals surface area contributed by atoms with E-state index >= 15 is 0 Å². The van der Waals surface area contributed by atoms with Crippen molar-refractivity contribution in [2.45, 2.75) is 26.7 Å². The molecule has 0 fully saturated rings. The van der Waals surface area contributed by atoms with E-state index in [2.05, 4.69) is 15.4 Å². The van der Waals surface area contributed by atoms with Gasteiger partial charge in [0.15, 0.2) is 5.65 Å². The number of aromatic nitrogens is 3. The van der Waals surface area contributed by atoms with Gasteiger partial charge in [0.05, 0.1) is 5.69 Å². The largest absolute Gasteiger partial charge is 0.326 e. The van der Waals surface area contributed by atoms with Gasteiger partial charge in [-0.3, -0.25) is 4.79 Å². The zero-order valence-corrected chi connectivity index (χ0v) is 16.6. The Morgan fingerprint density at radius 1 is 1.03 bits per heavy atom. The van der Waals surface area contributed by atoms with Gasteiger partial charge in [-0.2, -0.15) is 5.10 Å². The SMILES string of the molecule is Cc1nc2cc(-c3cccc(F)c3)nn2c(C)c1CCC(=O)Nc1ccc(F)cc1. The fourth-order valence-corrected chi connectivity index (χ4v) is 3.47. The number of nitrogens with zero attached hydrogens (tertiary/aromatic N) is 3. The van der Waals surface area contributed by atoms with Crippen molar-refractivity contribution in [2.75, 3.05) is 5.32 Å². The third-order valence-corrected chi connectivity index (χ3v) is 5.01. The van der Waals surface area contributed by atoms with Gasteiger partial charge >= 0.3 is 0 Å². The first kappa shape index (κ1) is 19.7. The third kappa shape index (κ3) is 4.05.